The molecule has 1 aromatic rings. The molecule has 2 rings (SSSR count). The first-order chi connectivity index (χ1) is 8.91. The molecule has 0 aliphatic carbocycles. The second kappa shape index (κ2) is 5.19. The molecule has 0 bridgehead atoms. The first kappa shape index (κ1) is 13.8. The summed E-state index contributed by atoms with van der Waals surface area (Å²) in [6.07, 6.45) is -0.908. The van der Waals surface area contributed by atoms with E-state index in [1.54, 1.807) is 0 Å². The Morgan fingerprint density at radius 2 is 2.16 bits per heavy atom. The number of ketones is 1. The first-order valence-corrected chi connectivity index (χ1v) is 6.20. The molecule has 0 amide bonds. The highest BCUT2D eigenvalue weighted by atomic mass is 19.4. The van der Waals surface area contributed by atoms with Gasteiger partial charge in [0.25, 0.3) is 0 Å². The number of alkyl halides is 3. The smallest absolute Gasteiger partial charge is 0.346 e. The van der Waals surface area contributed by atoms with Crippen molar-refractivity contribution in [2.24, 2.45) is 0 Å². The van der Waals surface area contributed by atoms with Gasteiger partial charge in [-0.2, -0.15) is 13.2 Å². The van der Waals surface area contributed by atoms with Crippen LogP contribution in [-0.4, -0.2) is 23.4 Å². The molecule has 0 aromatic carbocycles. The van der Waals surface area contributed by atoms with Gasteiger partial charge in [-0.25, -0.2) is 4.98 Å². The minimum absolute atomic E-state index is 0.113. The van der Waals surface area contributed by atoms with Crippen molar-refractivity contribution in [1.29, 1.82) is 0 Å². The molecular weight excluding hydrogens is 257 g/mol. The molecule has 1 aliphatic rings. The molecule has 104 valence electrons. The topological polar surface area (TPSA) is 33.2 Å². The number of carbonyl (C=O) groups is 1. The van der Waals surface area contributed by atoms with Gasteiger partial charge in [0.05, 0.1) is 11.6 Å². The number of nitrogens with zero attached hydrogens (tertiary/aromatic N) is 2. The Kier molecular flexibility index (Phi) is 3.78. The van der Waals surface area contributed by atoms with Gasteiger partial charge in [-0.1, -0.05) is 0 Å². The van der Waals surface area contributed by atoms with Gasteiger partial charge in [0.2, 0.25) is 0 Å². The number of halogens is 3. The summed E-state index contributed by atoms with van der Waals surface area (Å²) in [7, 11) is 0. The van der Waals surface area contributed by atoms with E-state index in [4.69, 9.17) is 0 Å². The lowest BCUT2D eigenvalue weighted by molar-refractivity contribution is -0.137. The molecule has 6 heteroatoms. The molecular formula is C13H15F3N2O. The summed E-state index contributed by atoms with van der Waals surface area (Å²) in [6, 6.07) is 1.78. The Morgan fingerprint density at radius 3 is 2.79 bits per heavy atom. The number of aromatic nitrogens is 1. The molecule has 1 aromatic heterocycles. The summed E-state index contributed by atoms with van der Waals surface area (Å²) in [5.41, 5.74) is -0.775. The summed E-state index contributed by atoms with van der Waals surface area (Å²) in [5, 5.41) is 0. The van der Waals surface area contributed by atoms with Gasteiger partial charge in [0.1, 0.15) is 5.82 Å². The third-order valence-electron chi connectivity index (χ3n) is 3.34. The van der Waals surface area contributed by atoms with Gasteiger partial charge in [-0.05, 0) is 38.3 Å². The Labute approximate surface area is 109 Å². The molecule has 1 saturated heterocycles. The molecule has 0 N–H and O–H groups in total. The molecule has 2 heterocycles. The largest absolute Gasteiger partial charge is 0.419 e. The zero-order valence-corrected chi connectivity index (χ0v) is 10.6. The van der Waals surface area contributed by atoms with Crippen LogP contribution >= 0.6 is 0 Å². The van der Waals surface area contributed by atoms with E-state index in [1.165, 1.54) is 24.1 Å². The highest BCUT2D eigenvalue weighted by Crippen LogP contribution is 2.37. The van der Waals surface area contributed by atoms with Gasteiger partial charge < -0.3 is 4.90 Å². The van der Waals surface area contributed by atoms with Crippen molar-refractivity contribution in [3.63, 3.8) is 0 Å². The number of rotatable bonds is 2. The number of carbonyl (C=O) groups excluding carboxylic acids is 1. The Hall–Kier alpha value is -1.59. The maximum Gasteiger partial charge on any atom is 0.419 e. The monoisotopic (exact) mass is 272 g/mol. The van der Waals surface area contributed by atoms with E-state index in [-0.39, 0.29) is 11.6 Å². The van der Waals surface area contributed by atoms with Crippen LogP contribution in [-0.2, 0) is 11.0 Å². The van der Waals surface area contributed by atoms with E-state index in [0.29, 0.717) is 13.0 Å². The number of hydrogen-bond acceptors (Lipinski definition) is 3. The first-order valence-electron chi connectivity index (χ1n) is 6.20. The predicted molar refractivity (Wildman–Crippen MR) is 64.9 cm³/mol. The number of anilines is 1. The summed E-state index contributed by atoms with van der Waals surface area (Å²) in [4.78, 5) is 16.9. The molecule has 3 nitrogen and oxygen atoms in total. The average Bonchev–Trinajstić information content (AvgIpc) is 2.37. The molecule has 0 spiro atoms. The van der Waals surface area contributed by atoms with Gasteiger partial charge in [0.15, 0.2) is 5.78 Å². The number of hydrogen-bond donors (Lipinski definition) is 0. The Morgan fingerprint density at radius 1 is 1.42 bits per heavy atom. The van der Waals surface area contributed by atoms with Crippen LogP contribution < -0.4 is 4.90 Å². The fourth-order valence-electron chi connectivity index (χ4n) is 2.45. The van der Waals surface area contributed by atoms with Crippen molar-refractivity contribution in [2.75, 3.05) is 11.4 Å². The van der Waals surface area contributed by atoms with Crippen LogP contribution in [0.4, 0.5) is 19.0 Å². The van der Waals surface area contributed by atoms with Gasteiger partial charge in [-0.15, -0.1) is 0 Å². The second-order valence-corrected chi connectivity index (χ2v) is 4.69. The molecule has 19 heavy (non-hydrogen) atoms. The maximum absolute atomic E-state index is 13.0. The molecule has 1 aliphatic heterocycles. The molecule has 1 atom stereocenters. The standard InChI is InChI=1S/C13H15F3N2O/c1-9(19)11-6-2-3-8-18(11)12-10(13(14,15)16)5-4-7-17-12/h4-5,7,11H,2-3,6,8H2,1H3. The van der Waals surface area contributed by atoms with Crippen LogP contribution in [0.3, 0.4) is 0 Å². The summed E-state index contributed by atoms with van der Waals surface area (Å²) in [5.74, 6) is -0.242. The normalized spacial score (nSPS) is 20.4. The second-order valence-electron chi connectivity index (χ2n) is 4.69. The van der Waals surface area contributed by atoms with Crippen LogP contribution in [0.15, 0.2) is 18.3 Å². The van der Waals surface area contributed by atoms with E-state index >= 15 is 0 Å². The van der Waals surface area contributed by atoms with E-state index in [1.807, 2.05) is 0 Å². The lowest BCUT2D eigenvalue weighted by atomic mass is 9.98. The minimum Gasteiger partial charge on any atom is -0.346 e. The van der Waals surface area contributed by atoms with Crippen molar-refractivity contribution in [3.8, 4) is 0 Å². The van der Waals surface area contributed by atoms with E-state index in [2.05, 4.69) is 4.98 Å². The fourth-order valence-corrected chi connectivity index (χ4v) is 2.45. The van der Waals surface area contributed by atoms with Gasteiger partial charge in [-0.3, -0.25) is 4.79 Å². The van der Waals surface area contributed by atoms with Crippen LogP contribution in [0, 0.1) is 0 Å². The predicted octanol–water partition coefficient (Wildman–Crippen LogP) is 3.05. The van der Waals surface area contributed by atoms with E-state index in [9.17, 15) is 18.0 Å². The summed E-state index contributed by atoms with van der Waals surface area (Å²) in [6.45, 7) is 1.85. The van der Waals surface area contributed by atoms with Crippen molar-refractivity contribution in [2.45, 2.75) is 38.4 Å². The summed E-state index contributed by atoms with van der Waals surface area (Å²) < 4.78 is 38.9. The maximum atomic E-state index is 13.0. The van der Waals surface area contributed by atoms with Crippen molar-refractivity contribution in [3.05, 3.63) is 23.9 Å². The summed E-state index contributed by atoms with van der Waals surface area (Å²) >= 11 is 0. The SMILES string of the molecule is CC(=O)C1CCCCN1c1ncccc1C(F)(F)F. The fraction of sp³-hybridized carbons (Fsp3) is 0.538. The highest BCUT2D eigenvalue weighted by molar-refractivity contribution is 5.85. The third-order valence-corrected chi connectivity index (χ3v) is 3.34. The average molecular weight is 272 g/mol. The molecule has 0 saturated carbocycles. The quantitative estimate of drug-likeness (QED) is 0.829. The Balaban J connectivity index is 2.42. The number of Topliss-reactive ketones (excluding diaryl/α,β-unsaturated/α-hetero) is 1. The number of pyridine rings is 1. The van der Waals surface area contributed by atoms with E-state index in [0.717, 1.165) is 18.9 Å². The number of piperidine rings is 1. The highest BCUT2D eigenvalue weighted by Gasteiger charge is 2.38. The lowest BCUT2D eigenvalue weighted by Gasteiger charge is -2.36. The van der Waals surface area contributed by atoms with Crippen LogP contribution in [0.2, 0.25) is 0 Å². The Bertz CT molecular complexity index is 473. The van der Waals surface area contributed by atoms with Gasteiger partial charge >= 0.3 is 6.18 Å². The molecule has 1 fully saturated rings. The van der Waals surface area contributed by atoms with Crippen molar-refractivity contribution in [1.82, 2.24) is 4.98 Å². The van der Waals surface area contributed by atoms with Crippen LogP contribution in [0.1, 0.15) is 31.7 Å². The third kappa shape index (κ3) is 2.88. The molecule has 1 unspecified atom stereocenters. The zero-order valence-electron chi connectivity index (χ0n) is 10.6. The zero-order chi connectivity index (χ0) is 14.0. The minimum atomic E-state index is -4.46. The van der Waals surface area contributed by atoms with Gasteiger partial charge in [0, 0.05) is 12.7 Å². The van der Waals surface area contributed by atoms with Crippen LogP contribution in [0.25, 0.3) is 0 Å². The van der Waals surface area contributed by atoms with Crippen LogP contribution in [0.5, 0.6) is 0 Å². The van der Waals surface area contributed by atoms with Crippen molar-refractivity contribution < 1.29 is 18.0 Å². The van der Waals surface area contributed by atoms with E-state index < -0.39 is 17.8 Å². The molecule has 0 radical (unpaired) electrons. The lowest BCUT2D eigenvalue weighted by Crippen LogP contribution is -2.45. The van der Waals surface area contributed by atoms with Crippen molar-refractivity contribution >= 4 is 11.6 Å².